The van der Waals surface area contributed by atoms with Crippen molar-refractivity contribution in [3.8, 4) is 0 Å². The van der Waals surface area contributed by atoms with E-state index in [2.05, 4.69) is 53.3 Å². The minimum atomic E-state index is 0. The monoisotopic (exact) mass is 462 g/mol. The average Bonchev–Trinajstić information content (AvgIpc) is 2.80. The Hall–Kier alpha value is -0.830. The summed E-state index contributed by atoms with van der Waals surface area (Å²) in [5, 5.41) is 11.5. The summed E-state index contributed by atoms with van der Waals surface area (Å²) in [7, 11) is 3.85. The molecule has 0 radical (unpaired) electrons. The standard InChI is InChI=1S/C18H34N6.HI/c1-13(2)24-11-8-16(9-12-24)21-18(19-5)20-10-7-17-14(3)22-23(6)15(17)4;/h13,16H,7-12H2,1-6H3,(H2,19,20,21);1H. The number of aliphatic imine (C=N–C) groups is 1. The third-order valence-corrected chi connectivity index (χ3v) is 5.15. The van der Waals surface area contributed by atoms with Crippen LogP contribution in [0.4, 0.5) is 0 Å². The molecule has 6 nitrogen and oxygen atoms in total. The van der Waals surface area contributed by atoms with Crippen LogP contribution in [-0.2, 0) is 13.5 Å². The molecular weight excluding hydrogens is 427 g/mol. The van der Waals surface area contributed by atoms with E-state index in [1.807, 2.05) is 18.8 Å². The molecule has 0 aliphatic carbocycles. The lowest BCUT2D eigenvalue weighted by Gasteiger charge is -2.35. The van der Waals surface area contributed by atoms with Gasteiger partial charge in [-0.3, -0.25) is 9.67 Å². The molecule has 2 heterocycles. The van der Waals surface area contributed by atoms with Gasteiger partial charge in [-0.05, 0) is 52.5 Å². The third kappa shape index (κ3) is 6.13. The van der Waals surface area contributed by atoms with Gasteiger partial charge in [0.25, 0.3) is 0 Å². The van der Waals surface area contributed by atoms with Crippen molar-refractivity contribution in [2.24, 2.45) is 12.0 Å². The Balaban J connectivity index is 0.00000312. The number of piperidine rings is 1. The average molecular weight is 462 g/mol. The maximum Gasteiger partial charge on any atom is 0.191 e. The number of aromatic nitrogens is 2. The minimum Gasteiger partial charge on any atom is -0.356 e. The molecule has 1 aliphatic heterocycles. The maximum absolute atomic E-state index is 4.48. The van der Waals surface area contributed by atoms with E-state index >= 15 is 0 Å². The third-order valence-electron chi connectivity index (χ3n) is 5.15. The van der Waals surface area contributed by atoms with Gasteiger partial charge in [0.05, 0.1) is 5.69 Å². The normalized spacial score (nSPS) is 16.8. The van der Waals surface area contributed by atoms with Crippen LogP contribution in [0.3, 0.4) is 0 Å². The second-order valence-electron chi connectivity index (χ2n) is 7.07. The Morgan fingerprint density at radius 3 is 2.40 bits per heavy atom. The fraction of sp³-hybridized carbons (Fsp3) is 0.778. The molecule has 144 valence electrons. The van der Waals surface area contributed by atoms with E-state index in [4.69, 9.17) is 0 Å². The molecule has 2 N–H and O–H groups in total. The van der Waals surface area contributed by atoms with Crippen molar-refractivity contribution in [3.63, 3.8) is 0 Å². The Bertz CT molecular complexity index is 558. The van der Waals surface area contributed by atoms with Crippen molar-refractivity contribution in [1.29, 1.82) is 0 Å². The maximum atomic E-state index is 4.48. The van der Waals surface area contributed by atoms with E-state index < -0.39 is 0 Å². The van der Waals surface area contributed by atoms with Gasteiger partial charge in [-0.2, -0.15) is 5.10 Å². The quantitative estimate of drug-likeness (QED) is 0.401. The highest BCUT2D eigenvalue weighted by atomic mass is 127. The Kier molecular flexibility index (Phi) is 9.20. The molecule has 0 aromatic carbocycles. The summed E-state index contributed by atoms with van der Waals surface area (Å²) in [6.45, 7) is 12.0. The lowest BCUT2D eigenvalue weighted by molar-refractivity contribution is 0.167. The number of nitrogens with zero attached hydrogens (tertiary/aromatic N) is 4. The van der Waals surface area contributed by atoms with Crippen LogP contribution < -0.4 is 10.6 Å². The molecule has 0 saturated carbocycles. The molecule has 0 atom stereocenters. The number of likely N-dealkylation sites (tertiary alicyclic amines) is 1. The molecule has 0 bridgehead atoms. The highest BCUT2D eigenvalue weighted by Gasteiger charge is 2.21. The van der Waals surface area contributed by atoms with Crippen LogP contribution in [0.1, 0.15) is 43.6 Å². The number of guanidine groups is 1. The molecule has 0 spiro atoms. The minimum absolute atomic E-state index is 0. The Labute approximate surface area is 169 Å². The van der Waals surface area contributed by atoms with Crippen LogP contribution >= 0.6 is 24.0 Å². The van der Waals surface area contributed by atoms with Gasteiger partial charge >= 0.3 is 0 Å². The van der Waals surface area contributed by atoms with Crippen LogP contribution in [0.2, 0.25) is 0 Å². The SMILES string of the molecule is CN=C(NCCc1c(C)nn(C)c1C)NC1CCN(C(C)C)CC1.I. The predicted octanol–water partition coefficient (Wildman–Crippen LogP) is 2.24. The molecule has 1 fully saturated rings. The van der Waals surface area contributed by atoms with Gasteiger partial charge in [-0.25, -0.2) is 0 Å². The van der Waals surface area contributed by atoms with Crippen molar-refractivity contribution >= 4 is 29.9 Å². The molecule has 2 rings (SSSR count). The first-order valence-corrected chi connectivity index (χ1v) is 9.12. The zero-order valence-electron chi connectivity index (χ0n) is 16.6. The zero-order valence-corrected chi connectivity index (χ0v) is 18.9. The Morgan fingerprint density at radius 1 is 1.28 bits per heavy atom. The number of hydrogen-bond acceptors (Lipinski definition) is 3. The molecule has 1 aliphatic rings. The largest absolute Gasteiger partial charge is 0.356 e. The van der Waals surface area contributed by atoms with Crippen molar-refractivity contribution in [3.05, 3.63) is 17.0 Å². The summed E-state index contributed by atoms with van der Waals surface area (Å²) < 4.78 is 1.96. The number of halogens is 1. The first kappa shape index (κ1) is 22.2. The van der Waals surface area contributed by atoms with Crippen LogP contribution in [0, 0.1) is 13.8 Å². The van der Waals surface area contributed by atoms with Crippen LogP contribution in [0.5, 0.6) is 0 Å². The number of aryl methyl sites for hydroxylation is 2. The topological polar surface area (TPSA) is 57.5 Å². The molecule has 0 amide bonds. The molecule has 7 heteroatoms. The van der Waals surface area contributed by atoms with E-state index in [-0.39, 0.29) is 24.0 Å². The van der Waals surface area contributed by atoms with Crippen LogP contribution in [0.15, 0.2) is 4.99 Å². The van der Waals surface area contributed by atoms with Gasteiger partial charge in [0, 0.05) is 51.5 Å². The summed E-state index contributed by atoms with van der Waals surface area (Å²) in [5.41, 5.74) is 3.71. The van der Waals surface area contributed by atoms with Gasteiger partial charge in [0.2, 0.25) is 0 Å². The second-order valence-corrected chi connectivity index (χ2v) is 7.07. The molecule has 1 saturated heterocycles. The molecule has 25 heavy (non-hydrogen) atoms. The zero-order chi connectivity index (χ0) is 17.7. The van der Waals surface area contributed by atoms with E-state index in [1.165, 1.54) is 37.2 Å². The smallest absolute Gasteiger partial charge is 0.191 e. The summed E-state index contributed by atoms with van der Waals surface area (Å²) in [6.07, 6.45) is 3.33. The lowest BCUT2D eigenvalue weighted by Crippen LogP contribution is -2.50. The highest BCUT2D eigenvalue weighted by molar-refractivity contribution is 14.0. The predicted molar refractivity (Wildman–Crippen MR) is 116 cm³/mol. The van der Waals surface area contributed by atoms with E-state index in [0.29, 0.717) is 12.1 Å². The first-order chi connectivity index (χ1) is 11.4. The summed E-state index contributed by atoms with van der Waals surface area (Å²) in [6, 6.07) is 1.17. The number of nitrogens with one attached hydrogen (secondary N) is 2. The number of hydrogen-bond donors (Lipinski definition) is 2. The lowest BCUT2D eigenvalue weighted by atomic mass is 10.0. The van der Waals surface area contributed by atoms with Gasteiger partial charge in [-0.1, -0.05) is 0 Å². The summed E-state index contributed by atoms with van der Waals surface area (Å²) in [4.78, 5) is 6.92. The fourth-order valence-corrected chi connectivity index (χ4v) is 3.43. The molecule has 1 aromatic rings. The van der Waals surface area contributed by atoms with E-state index in [9.17, 15) is 0 Å². The van der Waals surface area contributed by atoms with Crippen molar-refractivity contribution in [2.75, 3.05) is 26.7 Å². The van der Waals surface area contributed by atoms with Gasteiger partial charge < -0.3 is 15.5 Å². The molecular formula is C18H35IN6. The molecule has 1 aromatic heterocycles. The second kappa shape index (κ2) is 10.4. The Morgan fingerprint density at radius 2 is 1.92 bits per heavy atom. The number of rotatable bonds is 5. The highest BCUT2D eigenvalue weighted by Crippen LogP contribution is 2.13. The van der Waals surface area contributed by atoms with E-state index in [0.717, 1.165) is 24.6 Å². The van der Waals surface area contributed by atoms with Crippen molar-refractivity contribution in [1.82, 2.24) is 25.3 Å². The van der Waals surface area contributed by atoms with Crippen LogP contribution in [-0.4, -0.2) is 59.4 Å². The fourth-order valence-electron chi connectivity index (χ4n) is 3.43. The van der Waals surface area contributed by atoms with Gasteiger partial charge in [0.1, 0.15) is 0 Å². The summed E-state index contributed by atoms with van der Waals surface area (Å²) in [5.74, 6) is 0.914. The molecule has 0 unspecified atom stereocenters. The van der Waals surface area contributed by atoms with Gasteiger partial charge in [-0.15, -0.1) is 24.0 Å². The van der Waals surface area contributed by atoms with Crippen molar-refractivity contribution in [2.45, 2.75) is 59.0 Å². The van der Waals surface area contributed by atoms with Gasteiger partial charge in [0.15, 0.2) is 5.96 Å². The summed E-state index contributed by atoms with van der Waals surface area (Å²) >= 11 is 0. The van der Waals surface area contributed by atoms with Crippen LogP contribution in [0.25, 0.3) is 0 Å². The first-order valence-electron chi connectivity index (χ1n) is 9.12. The van der Waals surface area contributed by atoms with Crippen molar-refractivity contribution < 1.29 is 0 Å². The van der Waals surface area contributed by atoms with E-state index in [1.54, 1.807) is 0 Å².